The Hall–Kier alpha value is -0.380. The first-order chi connectivity index (χ1) is 6.74. The molecule has 80 valence electrons. The van der Waals surface area contributed by atoms with E-state index < -0.39 is 0 Å². The maximum atomic E-state index is 4.26. The summed E-state index contributed by atoms with van der Waals surface area (Å²) in [6.45, 7) is 7.59. The second-order valence-electron chi connectivity index (χ2n) is 3.57. The summed E-state index contributed by atoms with van der Waals surface area (Å²) in [5, 5.41) is 9.24. The number of hydrogen-bond acceptors (Lipinski definition) is 2. The van der Waals surface area contributed by atoms with Crippen LogP contribution in [0.15, 0.2) is 0 Å². The van der Waals surface area contributed by atoms with Gasteiger partial charge in [-0.1, -0.05) is 36.7 Å². The number of aromatic nitrogens is 3. The normalized spacial score (nSPS) is 13.1. The molecule has 1 unspecified atom stereocenters. The van der Waals surface area contributed by atoms with Gasteiger partial charge in [-0.15, -0.1) is 10.2 Å². The van der Waals surface area contributed by atoms with Crippen molar-refractivity contribution in [2.24, 2.45) is 0 Å². The van der Waals surface area contributed by atoms with Crippen LogP contribution in [0.2, 0.25) is 0 Å². The molecular weight excluding hydrogens is 242 g/mol. The molecule has 0 amide bonds. The number of hydrogen-bond donors (Lipinski definition) is 0. The molecule has 0 N–H and O–H groups in total. The molecule has 1 rings (SSSR count). The summed E-state index contributed by atoms with van der Waals surface area (Å²) < 4.78 is 2.24. The Balaban J connectivity index is 2.97. The minimum Gasteiger partial charge on any atom is -0.314 e. The number of rotatable bonds is 5. The van der Waals surface area contributed by atoms with Crippen LogP contribution in [0.25, 0.3) is 0 Å². The summed E-state index contributed by atoms with van der Waals surface area (Å²) in [4.78, 5) is 0. The topological polar surface area (TPSA) is 30.7 Å². The van der Waals surface area contributed by atoms with Gasteiger partial charge in [-0.3, -0.25) is 0 Å². The van der Waals surface area contributed by atoms with Crippen molar-refractivity contribution < 1.29 is 0 Å². The molecule has 0 saturated heterocycles. The van der Waals surface area contributed by atoms with Gasteiger partial charge in [0.05, 0.1) is 5.33 Å². The van der Waals surface area contributed by atoms with Crippen molar-refractivity contribution in [1.29, 1.82) is 0 Å². The fourth-order valence-corrected chi connectivity index (χ4v) is 1.88. The van der Waals surface area contributed by atoms with Gasteiger partial charge in [-0.05, 0) is 12.8 Å². The van der Waals surface area contributed by atoms with E-state index in [0.29, 0.717) is 5.92 Å². The van der Waals surface area contributed by atoms with Gasteiger partial charge in [-0.25, -0.2) is 0 Å². The fraction of sp³-hybridized carbons (Fsp3) is 0.800. The highest BCUT2D eigenvalue weighted by molar-refractivity contribution is 9.08. The molecule has 0 aliphatic rings. The first-order valence-corrected chi connectivity index (χ1v) is 6.34. The maximum Gasteiger partial charge on any atom is 0.143 e. The molecule has 0 bridgehead atoms. The molecule has 0 aromatic carbocycles. The molecule has 1 aromatic heterocycles. The average Bonchev–Trinajstić information content (AvgIpc) is 2.60. The first kappa shape index (κ1) is 11.7. The monoisotopic (exact) mass is 259 g/mol. The Morgan fingerprint density at radius 1 is 1.36 bits per heavy atom. The summed E-state index contributed by atoms with van der Waals surface area (Å²) in [5.74, 6) is 2.67. The molecule has 4 heteroatoms. The molecule has 1 aromatic rings. The quantitative estimate of drug-likeness (QED) is 0.761. The van der Waals surface area contributed by atoms with Crippen LogP contribution in [-0.4, -0.2) is 14.8 Å². The second-order valence-corrected chi connectivity index (χ2v) is 4.13. The van der Waals surface area contributed by atoms with Crippen LogP contribution in [0.3, 0.4) is 0 Å². The Labute approximate surface area is 94.0 Å². The third-order valence-corrected chi connectivity index (χ3v) is 2.98. The van der Waals surface area contributed by atoms with E-state index >= 15 is 0 Å². The molecule has 0 saturated carbocycles. The highest BCUT2D eigenvalue weighted by Crippen LogP contribution is 2.18. The van der Waals surface area contributed by atoms with Gasteiger partial charge in [0, 0.05) is 12.5 Å². The SMILES string of the molecule is CCCn1c(CBr)nnc1C(C)CC. The van der Waals surface area contributed by atoms with Crippen LogP contribution < -0.4 is 0 Å². The van der Waals surface area contributed by atoms with Gasteiger partial charge in [0.1, 0.15) is 11.6 Å². The van der Waals surface area contributed by atoms with E-state index in [1.165, 1.54) is 0 Å². The second kappa shape index (κ2) is 5.49. The van der Waals surface area contributed by atoms with Gasteiger partial charge in [0.15, 0.2) is 0 Å². The lowest BCUT2D eigenvalue weighted by atomic mass is 10.1. The van der Waals surface area contributed by atoms with Crippen LogP contribution in [-0.2, 0) is 11.9 Å². The lowest BCUT2D eigenvalue weighted by Crippen LogP contribution is -2.08. The predicted octanol–water partition coefficient (Wildman–Crippen LogP) is 3.10. The molecule has 14 heavy (non-hydrogen) atoms. The van der Waals surface area contributed by atoms with E-state index in [1.54, 1.807) is 0 Å². The van der Waals surface area contributed by atoms with Crippen molar-refractivity contribution in [2.45, 2.75) is 51.4 Å². The zero-order valence-electron chi connectivity index (χ0n) is 9.13. The van der Waals surface area contributed by atoms with E-state index in [4.69, 9.17) is 0 Å². The zero-order chi connectivity index (χ0) is 10.6. The van der Waals surface area contributed by atoms with E-state index in [1.807, 2.05) is 0 Å². The highest BCUT2D eigenvalue weighted by atomic mass is 79.9. The Morgan fingerprint density at radius 2 is 2.07 bits per heavy atom. The van der Waals surface area contributed by atoms with Crippen LogP contribution in [0.5, 0.6) is 0 Å². The first-order valence-electron chi connectivity index (χ1n) is 5.22. The van der Waals surface area contributed by atoms with Gasteiger partial charge >= 0.3 is 0 Å². The number of halogens is 1. The molecular formula is C10H18BrN3. The molecule has 0 radical (unpaired) electrons. The number of nitrogens with zero attached hydrogens (tertiary/aromatic N) is 3. The van der Waals surface area contributed by atoms with Gasteiger partial charge in [-0.2, -0.15) is 0 Å². The standard InChI is InChI=1S/C10H18BrN3/c1-4-6-14-9(7-11)12-13-10(14)8(3)5-2/h8H,4-7H2,1-3H3. The number of alkyl halides is 1. The minimum absolute atomic E-state index is 0.502. The molecule has 0 fully saturated rings. The van der Waals surface area contributed by atoms with E-state index in [9.17, 15) is 0 Å². The van der Waals surface area contributed by atoms with Crippen molar-refractivity contribution in [3.8, 4) is 0 Å². The van der Waals surface area contributed by atoms with Crippen LogP contribution in [0, 0.1) is 0 Å². The van der Waals surface area contributed by atoms with Crippen molar-refractivity contribution in [3.63, 3.8) is 0 Å². The van der Waals surface area contributed by atoms with Crippen molar-refractivity contribution in [2.75, 3.05) is 0 Å². The van der Waals surface area contributed by atoms with E-state index in [-0.39, 0.29) is 0 Å². The van der Waals surface area contributed by atoms with Gasteiger partial charge < -0.3 is 4.57 Å². The molecule has 1 heterocycles. The molecule has 1 atom stereocenters. The Bertz CT molecular complexity index is 283. The largest absolute Gasteiger partial charge is 0.314 e. The van der Waals surface area contributed by atoms with Crippen molar-refractivity contribution >= 4 is 15.9 Å². The van der Waals surface area contributed by atoms with E-state index in [0.717, 1.165) is 36.4 Å². The zero-order valence-corrected chi connectivity index (χ0v) is 10.7. The lowest BCUT2D eigenvalue weighted by Gasteiger charge is -2.11. The lowest BCUT2D eigenvalue weighted by molar-refractivity contribution is 0.571. The maximum absolute atomic E-state index is 4.26. The molecule has 0 aliphatic heterocycles. The summed E-state index contributed by atoms with van der Waals surface area (Å²) in [6, 6.07) is 0. The molecule has 3 nitrogen and oxygen atoms in total. The smallest absolute Gasteiger partial charge is 0.143 e. The van der Waals surface area contributed by atoms with Crippen LogP contribution in [0.1, 0.15) is 51.2 Å². The van der Waals surface area contributed by atoms with Crippen LogP contribution >= 0.6 is 15.9 Å². The van der Waals surface area contributed by atoms with E-state index in [2.05, 4.69) is 51.5 Å². The predicted molar refractivity (Wildman–Crippen MR) is 61.7 cm³/mol. The molecule has 0 aliphatic carbocycles. The third-order valence-electron chi connectivity index (χ3n) is 2.48. The Kier molecular flexibility index (Phi) is 4.58. The Morgan fingerprint density at radius 3 is 2.57 bits per heavy atom. The third kappa shape index (κ3) is 2.35. The van der Waals surface area contributed by atoms with Gasteiger partial charge in [0.2, 0.25) is 0 Å². The highest BCUT2D eigenvalue weighted by Gasteiger charge is 2.14. The summed E-state index contributed by atoms with van der Waals surface area (Å²) in [6.07, 6.45) is 2.24. The van der Waals surface area contributed by atoms with Gasteiger partial charge in [0.25, 0.3) is 0 Å². The summed E-state index contributed by atoms with van der Waals surface area (Å²) in [7, 11) is 0. The molecule has 0 spiro atoms. The summed E-state index contributed by atoms with van der Waals surface area (Å²) in [5.41, 5.74) is 0. The van der Waals surface area contributed by atoms with Crippen LogP contribution in [0.4, 0.5) is 0 Å². The minimum atomic E-state index is 0.502. The van der Waals surface area contributed by atoms with Crippen molar-refractivity contribution in [3.05, 3.63) is 11.6 Å². The van der Waals surface area contributed by atoms with Crippen molar-refractivity contribution in [1.82, 2.24) is 14.8 Å². The fourth-order valence-electron chi connectivity index (χ4n) is 1.46. The average molecular weight is 260 g/mol. The summed E-state index contributed by atoms with van der Waals surface area (Å²) >= 11 is 3.44.